The number of pyridine rings is 1. The fourth-order valence-electron chi connectivity index (χ4n) is 6.44. The maximum atomic E-state index is 15.0. The molecule has 0 aliphatic heterocycles. The Kier molecular flexibility index (Phi) is 6.44. The molecule has 0 unspecified atom stereocenters. The minimum absolute atomic E-state index is 0.821. The van der Waals surface area contributed by atoms with Gasteiger partial charge >= 0.3 is 0 Å². The van der Waals surface area contributed by atoms with Crippen molar-refractivity contribution >= 4 is 55.5 Å². The van der Waals surface area contributed by atoms with Crippen LogP contribution in [0, 0.1) is 0 Å². The molecular formula is C41H28NOP. The Bertz CT molecular complexity index is 2290. The maximum Gasteiger partial charge on any atom is 0.171 e. The molecule has 0 N–H and O–H groups in total. The molecule has 2 nitrogen and oxygen atoms in total. The van der Waals surface area contributed by atoms with Crippen LogP contribution < -0.4 is 15.9 Å². The smallest absolute Gasteiger partial charge is 0.171 e. The van der Waals surface area contributed by atoms with Crippen LogP contribution in [0.15, 0.2) is 170 Å². The lowest BCUT2D eigenvalue weighted by molar-refractivity contribution is 0.592. The van der Waals surface area contributed by atoms with Crippen LogP contribution >= 0.6 is 7.14 Å². The van der Waals surface area contributed by atoms with Crippen LogP contribution in [-0.4, -0.2) is 4.98 Å². The number of para-hydroxylation sites is 1. The lowest BCUT2D eigenvalue weighted by atomic mass is 9.90. The van der Waals surface area contributed by atoms with E-state index in [9.17, 15) is 4.57 Å². The highest BCUT2D eigenvalue weighted by Gasteiger charge is 2.29. The van der Waals surface area contributed by atoms with E-state index in [-0.39, 0.29) is 0 Å². The van der Waals surface area contributed by atoms with Gasteiger partial charge < -0.3 is 4.57 Å². The van der Waals surface area contributed by atoms with Crippen LogP contribution in [0.3, 0.4) is 0 Å². The third-order valence-electron chi connectivity index (χ3n) is 8.53. The first kappa shape index (κ1) is 26.3. The average Bonchev–Trinajstić information content (AvgIpc) is 3.11. The summed E-state index contributed by atoms with van der Waals surface area (Å²) in [5.41, 5.74) is 5.25. The minimum Gasteiger partial charge on any atom is -0.309 e. The summed E-state index contributed by atoms with van der Waals surface area (Å²) in [6.45, 7) is 0. The fraction of sp³-hybridized carbons (Fsp3) is 0. The van der Waals surface area contributed by atoms with Gasteiger partial charge in [0.25, 0.3) is 0 Å². The first-order valence-electron chi connectivity index (χ1n) is 14.8. The normalized spacial score (nSPS) is 11.7. The molecule has 8 aromatic rings. The average molecular weight is 582 g/mol. The fourth-order valence-corrected chi connectivity index (χ4v) is 9.09. The zero-order valence-electron chi connectivity index (χ0n) is 24.0. The van der Waals surface area contributed by atoms with Gasteiger partial charge in [-0.25, -0.2) is 4.98 Å². The van der Waals surface area contributed by atoms with E-state index in [0.29, 0.717) is 0 Å². The number of nitrogens with zero attached hydrogens (tertiary/aromatic N) is 1. The molecule has 0 aliphatic carbocycles. The summed E-state index contributed by atoms with van der Waals surface area (Å²) < 4.78 is 15.0. The Labute approximate surface area is 256 Å². The van der Waals surface area contributed by atoms with Crippen LogP contribution in [0.4, 0.5) is 0 Å². The monoisotopic (exact) mass is 581 g/mol. The molecule has 1 aromatic heterocycles. The van der Waals surface area contributed by atoms with Crippen molar-refractivity contribution in [1.82, 2.24) is 4.98 Å². The van der Waals surface area contributed by atoms with E-state index >= 15 is 0 Å². The van der Waals surface area contributed by atoms with Gasteiger partial charge in [-0.15, -0.1) is 0 Å². The molecule has 8 rings (SSSR count). The van der Waals surface area contributed by atoms with Gasteiger partial charge in [-0.2, -0.15) is 0 Å². The van der Waals surface area contributed by atoms with Gasteiger partial charge in [-0.3, -0.25) is 0 Å². The van der Waals surface area contributed by atoms with E-state index < -0.39 is 7.14 Å². The summed E-state index contributed by atoms with van der Waals surface area (Å²) in [6.07, 6.45) is 0. The molecule has 0 radical (unpaired) electrons. The van der Waals surface area contributed by atoms with Gasteiger partial charge in [0.05, 0.1) is 11.2 Å². The van der Waals surface area contributed by atoms with Crippen molar-refractivity contribution in [1.29, 1.82) is 0 Å². The zero-order valence-corrected chi connectivity index (χ0v) is 24.9. The summed E-state index contributed by atoms with van der Waals surface area (Å²) in [5.74, 6) is 0. The van der Waals surface area contributed by atoms with Gasteiger partial charge in [0.2, 0.25) is 0 Å². The largest absolute Gasteiger partial charge is 0.309 e. The molecule has 1 heterocycles. The number of fused-ring (bicyclic) bond motifs is 5. The number of hydrogen-bond donors (Lipinski definition) is 0. The summed E-state index contributed by atoms with van der Waals surface area (Å²) >= 11 is 0. The predicted molar refractivity (Wildman–Crippen MR) is 187 cm³/mol. The van der Waals surface area contributed by atoms with Crippen molar-refractivity contribution in [2.24, 2.45) is 0 Å². The Morgan fingerprint density at radius 2 is 0.909 bits per heavy atom. The Morgan fingerprint density at radius 3 is 1.55 bits per heavy atom. The second-order valence-corrected chi connectivity index (χ2v) is 13.8. The lowest BCUT2D eigenvalue weighted by Crippen LogP contribution is -2.24. The summed E-state index contributed by atoms with van der Waals surface area (Å²) in [6, 6.07) is 57.8. The van der Waals surface area contributed by atoms with Gasteiger partial charge in [0.1, 0.15) is 0 Å². The number of aromatic nitrogens is 1. The SMILES string of the molecule is O=P(c1ccccc1)(c1ccccc1)c1ccc(-c2cc3c(-c4ccccc4)nc4ccccc4c3c3ccccc23)cc1. The molecule has 208 valence electrons. The van der Waals surface area contributed by atoms with Crippen LogP contribution in [0.1, 0.15) is 0 Å². The van der Waals surface area contributed by atoms with Crippen molar-refractivity contribution in [2.45, 2.75) is 0 Å². The van der Waals surface area contributed by atoms with E-state index in [4.69, 9.17) is 4.98 Å². The Morgan fingerprint density at radius 1 is 0.409 bits per heavy atom. The molecule has 0 amide bonds. The molecule has 0 saturated heterocycles. The van der Waals surface area contributed by atoms with E-state index in [1.54, 1.807) is 0 Å². The van der Waals surface area contributed by atoms with E-state index in [2.05, 4.69) is 91.0 Å². The molecule has 0 saturated carbocycles. The van der Waals surface area contributed by atoms with Gasteiger partial charge in [-0.05, 0) is 34.0 Å². The van der Waals surface area contributed by atoms with Gasteiger partial charge in [0, 0.05) is 37.6 Å². The van der Waals surface area contributed by atoms with Crippen molar-refractivity contribution in [2.75, 3.05) is 0 Å². The summed E-state index contributed by atoms with van der Waals surface area (Å²) in [4.78, 5) is 5.19. The molecule has 0 aliphatic rings. The Hall–Kier alpha value is -5.30. The van der Waals surface area contributed by atoms with Crippen molar-refractivity contribution in [3.8, 4) is 22.4 Å². The second-order valence-electron chi connectivity index (χ2n) is 11.1. The zero-order chi connectivity index (χ0) is 29.5. The summed E-state index contributed by atoms with van der Waals surface area (Å²) in [7, 11) is -3.06. The molecular weight excluding hydrogens is 553 g/mol. The van der Waals surface area contributed by atoms with E-state index in [1.807, 2.05) is 78.9 Å². The predicted octanol–water partition coefficient (Wildman–Crippen LogP) is 9.51. The van der Waals surface area contributed by atoms with Crippen LogP contribution in [0.5, 0.6) is 0 Å². The molecule has 7 aromatic carbocycles. The molecule has 3 heteroatoms. The lowest BCUT2D eigenvalue weighted by Gasteiger charge is -2.20. The van der Waals surface area contributed by atoms with Gasteiger partial charge in [0.15, 0.2) is 7.14 Å². The van der Waals surface area contributed by atoms with Crippen LogP contribution in [0.2, 0.25) is 0 Å². The number of benzene rings is 7. The molecule has 0 atom stereocenters. The van der Waals surface area contributed by atoms with Crippen molar-refractivity contribution < 1.29 is 4.57 Å². The van der Waals surface area contributed by atoms with Crippen molar-refractivity contribution in [3.63, 3.8) is 0 Å². The van der Waals surface area contributed by atoms with Gasteiger partial charge in [-0.1, -0.05) is 158 Å². The second kappa shape index (κ2) is 10.8. The van der Waals surface area contributed by atoms with Crippen LogP contribution in [0.25, 0.3) is 54.8 Å². The number of rotatable bonds is 5. The number of hydrogen-bond acceptors (Lipinski definition) is 2. The molecule has 0 fully saturated rings. The first-order chi connectivity index (χ1) is 21.7. The standard InChI is InChI=1S/C41H28NOP/c43-44(31-16-6-2-7-17-31,32-18-8-3-9-19-32)33-26-24-29(25-27-33)37-28-38-40(35-21-11-10-20-34(35)37)36-22-12-13-23-39(36)42-41(38)30-14-4-1-5-15-30/h1-28H. The molecule has 44 heavy (non-hydrogen) atoms. The molecule has 0 bridgehead atoms. The minimum atomic E-state index is -3.06. The molecule has 0 spiro atoms. The highest BCUT2D eigenvalue weighted by molar-refractivity contribution is 7.85. The first-order valence-corrected chi connectivity index (χ1v) is 16.5. The quantitative estimate of drug-likeness (QED) is 0.150. The van der Waals surface area contributed by atoms with E-state index in [0.717, 1.165) is 54.6 Å². The third-order valence-corrected chi connectivity index (χ3v) is 11.6. The van der Waals surface area contributed by atoms with Crippen LogP contribution in [-0.2, 0) is 4.57 Å². The van der Waals surface area contributed by atoms with Crippen molar-refractivity contribution in [3.05, 3.63) is 170 Å². The summed E-state index contributed by atoms with van der Waals surface area (Å²) in [5, 5.41) is 8.33. The third kappa shape index (κ3) is 4.27. The maximum absolute atomic E-state index is 15.0. The van der Waals surface area contributed by atoms with E-state index in [1.165, 1.54) is 16.2 Å². The highest BCUT2D eigenvalue weighted by atomic mass is 31.2. The Balaban J connectivity index is 1.38. The topological polar surface area (TPSA) is 30.0 Å². The highest BCUT2D eigenvalue weighted by Crippen LogP contribution is 2.44.